The summed E-state index contributed by atoms with van der Waals surface area (Å²) < 4.78 is 0. The largest absolute Gasteiger partial charge is 0.341 e. The van der Waals surface area contributed by atoms with E-state index in [0.29, 0.717) is 12.5 Å². The summed E-state index contributed by atoms with van der Waals surface area (Å²) in [6.07, 6.45) is 4.68. The number of nitrogens with one attached hydrogen (secondary N) is 3. The highest BCUT2D eigenvalue weighted by atomic mass is 16.1. The first-order valence-corrected chi connectivity index (χ1v) is 7.01. The molecule has 1 aromatic carbocycles. The van der Waals surface area contributed by atoms with Crippen molar-refractivity contribution < 1.29 is 4.79 Å². The van der Waals surface area contributed by atoms with Crippen molar-refractivity contribution in [3.63, 3.8) is 0 Å². The van der Waals surface area contributed by atoms with Gasteiger partial charge in [0.2, 0.25) is 5.91 Å². The van der Waals surface area contributed by atoms with Gasteiger partial charge in [-0.2, -0.15) is 0 Å². The van der Waals surface area contributed by atoms with E-state index in [1.54, 1.807) is 0 Å². The number of hydrogen-bond acceptors (Lipinski definition) is 3. The third-order valence-corrected chi connectivity index (χ3v) is 4.03. The van der Waals surface area contributed by atoms with E-state index < -0.39 is 0 Å². The maximum atomic E-state index is 11.4. The predicted octanol–water partition coefficient (Wildman–Crippen LogP) is 2.00. The number of rotatable bonds is 2. The molecule has 1 fully saturated rings. The standard InChI is InChI=1S/C15H16N4O/c20-14-7-10-6-9(3-4-11(10)18-14)13-8-17-15(19-13)12-2-1-5-16-12/h3-4,6,8,12,16H,1-2,5,7H2,(H,17,19)(H,18,20). The van der Waals surface area contributed by atoms with Gasteiger partial charge in [-0.1, -0.05) is 6.07 Å². The quantitative estimate of drug-likeness (QED) is 0.780. The number of carbonyl (C=O) groups excluding carboxylic acids is 1. The fraction of sp³-hybridized carbons (Fsp3) is 0.333. The van der Waals surface area contributed by atoms with Crippen LogP contribution in [0.2, 0.25) is 0 Å². The number of hydrogen-bond donors (Lipinski definition) is 3. The van der Waals surface area contributed by atoms with Crippen molar-refractivity contribution in [2.75, 3.05) is 11.9 Å². The lowest BCUT2D eigenvalue weighted by Gasteiger charge is -2.06. The molecule has 0 aliphatic carbocycles. The molecule has 0 radical (unpaired) electrons. The Kier molecular flexibility index (Phi) is 2.60. The lowest BCUT2D eigenvalue weighted by atomic mass is 10.1. The zero-order valence-corrected chi connectivity index (χ0v) is 11.1. The summed E-state index contributed by atoms with van der Waals surface area (Å²) in [6.45, 7) is 1.06. The number of nitrogens with zero attached hydrogens (tertiary/aromatic N) is 1. The molecule has 20 heavy (non-hydrogen) atoms. The Morgan fingerprint density at radius 3 is 3.10 bits per heavy atom. The molecule has 5 heteroatoms. The minimum Gasteiger partial charge on any atom is -0.341 e. The van der Waals surface area contributed by atoms with Crippen molar-refractivity contribution in [3.05, 3.63) is 35.8 Å². The first-order valence-electron chi connectivity index (χ1n) is 7.01. The molecule has 1 aromatic heterocycles. The zero-order chi connectivity index (χ0) is 13.5. The Morgan fingerprint density at radius 1 is 1.30 bits per heavy atom. The molecule has 2 aromatic rings. The Labute approximate surface area is 116 Å². The molecule has 2 aliphatic rings. The predicted molar refractivity (Wildman–Crippen MR) is 76.3 cm³/mol. The molecule has 4 rings (SSSR count). The first-order chi connectivity index (χ1) is 9.79. The Bertz CT molecular complexity index is 670. The smallest absolute Gasteiger partial charge is 0.228 e. The van der Waals surface area contributed by atoms with Gasteiger partial charge in [0.25, 0.3) is 0 Å². The summed E-state index contributed by atoms with van der Waals surface area (Å²) in [7, 11) is 0. The summed E-state index contributed by atoms with van der Waals surface area (Å²) in [4.78, 5) is 19.3. The number of amides is 1. The van der Waals surface area contributed by atoms with Gasteiger partial charge in [-0.15, -0.1) is 0 Å². The number of imidazole rings is 1. The summed E-state index contributed by atoms with van der Waals surface area (Å²) in [6, 6.07) is 6.39. The minimum absolute atomic E-state index is 0.0672. The Balaban J connectivity index is 1.64. The fourth-order valence-electron chi connectivity index (χ4n) is 2.98. The van der Waals surface area contributed by atoms with E-state index in [2.05, 4.69) is 26.7 Å². The molecule has 0 saturated carbocycles. The molecule has 1 saturated heterocycles. The number of benzene rings is 1. The second-order valence-corrected chi connectivity index (χ2v) is 5.43. The van der Waals surface area contributed by atoms with Crippen molar-refractivity contribution in [2.45, 2.75) is 25.3 Å². The van der Waals surface area contributed by atoms with E-state index in [-0.39, 0.29) is 5.91 Å². The lowest BCUT2D eigenvalue weighted by Crippen LogP contribution is -2.14. The van der Waals surface area contributed by atoms with Gasteiger partial charge in [-0.3, -0.25) is 4.79 Å². The van der Waals surface area contributed by atoms with Crippen molar-refractivity contribution in [3.8, 4) is 11.3 Å². The molecule has 5 nitrogen and oxygen atoms in total. The molecular formula is C15H16N4O. The van der Waals surface area contributed by atoms with Gasteiger partial charge in [-0.25, -0.2) is 4.98 Å². The van der Waals surface area contributed by atoms with Crippen LogP contribution in [0.15, 0.2) is 24.4 Å². The van der Waals surface area contributed by atoms with E-state index in [1.807, 2.05) is 18.3 Å². The molecule has 3 N–H and O–H groups in total. The van der Waals surface area contributed by atoms with Gasteiger partial charge in [0.1, 0.15) is 5.82 Å². The Morgan fingerprint density at radius 2 is 2.25 bits per heavy atom. The van der Waals surface area contributed by atoms with E-state index in [4.69, 9.17) is 0 Å². The van der Waals surface area contributed by atoms with Crippen LogP contribution in [0.3, 0.4) is 0 Å². The molecule has 1 atom stereocenters. The number of H-pyrrole nitrogens is 1. The van der Waals surface area contributed by atoms with E-state index >= 15 is 0 Å². The number of aromatic nitrogens is 2. The third kappa shape index (κ3) is 1.91. The fourth-order valence-corrected chi connectivity index (χ4v) is 2.98. The molecule has 1 unspecified atom stereocenters. The second kappa shape index (κ2) is 4.45. The lowest BCUT2D eigenvalue weighted by molar-refractivity contribution is -0.115. The van der Waals surface area contributed by atoms with Crippen LogP contribution in [0.25, 0.3) is 11.3 Å². The second-order valence-electron chi connectivity index (χ2n) is 5.43. The number of anilines is 1. The monoisotopic (exact) mass is 268 g/mol. The van der Waals surface area contributed by atoms with Crippen LogP contribution in [0, 0.1) is 0 Å². The average Bonchev–Trinajstić information content (AvgIpc) is 3.17. The van der Waals surface area contributed by atoms with Crippen molar-refractivity contribution in [1.29, 1.82) is 0 Å². The van der Waals surface area contributed by atoms with Gasteiger partial charge >= 0.3 is 0 Å². The number of aromatic amines is 1. The minimum atomic E-state index is 0.0672. The maximum Gasteiger partial charge on any atom is 0.228 e. The van der Waals surface area contributed by atoms with Crippen molar-refractivity contribution >= 4 is 11.6 Å². The summed E-state index contributed by atoms with van der Waals surface area (Å²) in [5, 5.41) is 6.29. The highest BCUT2D eigenvalue weighted by Crippen LogP contribution is 2.29. The van der Waals surface area contributed by atoms with Crippen molar-refractivity contribution in [1.82, 2.24) is 15.3 Å². The Hall–Kier alpha value is -2.14. The summed E-state index contributed by atoms with van der Waals surface area (Å²) >= 11 is 0. The molecule has 0 bridgehead atoms. The van der Waals surface area contributed by atoms with Crippen LogP contribution in [-0.2, 0) is 11.2 Å². The van der Waals surface area contributed by atoms with Gasteiger partial charge in [0, 0.05) is 5.69 Å². The first kappa shape index (κ1) is 11.7. The van der Waals surface area contributed by atoms with E-state index in [1.165, 1.54) is 6.42 Å². The topological polar surface area (TPSA) is 69.8 Å². The molecular weight excluding hydrogens is 252 g/mol. The zero-order valence-electron chi connectivity index (χ0n) is 11.1. The average molecular weight is 268 g/mol. The number of carbonyl (C=O) groups is 1. The van der Waals surface area contributed by atoms with Crippen molar-refractivity contribution in [2.24, 2.45) is 0 Å². The summed E-state index contributed by atoms with van der Waals surface area (Å²) in [5.41, 5.74) is 4.08. The van der Waals surface area contributed by atoms with Crippen LogP contribution in [-0.4, -0.2) is 22.4 Å². The van der Waals surface area contributed by atoms with Crippen LogP contribution in [0.4, 0.5) is 5.69 Å². The SMILES string of the molecule is O=C1Cc2cc(-c3cnc(C4CCCN4)[nH]3)ccc2N1. The molecule has 2 aliphatic heterocycles. The van der Waals surface area contributed by atoms with Gasteiger partial charge in [0.15, 0.2) is 0 Å². The van der Waals surface area contributed by atoms with Gasteiger partial charge < -0.3 is 15.6 Å². The van der Waals surface area contributed by atoms with Crippen LogP contribution < -0.4 is 10.6 Å². The summed E-state index contributed by atoms with van der Waals surface area (Å²) in [5.74, 6) is 1.07. The normalized spacial score (nSPS) is 21.0. The molecule has 1 amide bonds. The van der Waals surface area contributed by atoms with Crippen LogP contribution in [0.1, 0.15) is 30.3 Å². The maximum absolute atomic E-state index is 11.4. The third-order valence-electron chi connectivity index (χ3n) is 4.03. The van der Waals surface area contributed by atoms with Gasteiger partial charge in [0.05, 0.1) is 24.4 Å². The van der Waals surface area contributed by atoms with E-state index in [0.717, 1.165) is 41.3 Å². The molecule has 102 valence electrons. The van der Waals surface area contributed by atoms with Crippen LogP contribution >= 0.6 is 0 Å². The molecule has 0 spiro atoms. The van der Waals surface area contributed by atoms with Gasteiger partial charge in [-0.05, 0) is 42.6 Å². The highest BCUT2D eigenvalue weighted by Gasteiger charge is 2.21. The van der Waals surface area contributed by atoms with Crippen LogP contribution in [0.5, 0.6) is 0 Å². The molecule has 3 heterocycles. The number of fused-ring (bicyclic) bond motifs is 1. The highest BCUT2D eigenvalue weighted by molar-refractivity contribution is 5.99. The van der Waals surface area contributed by atoms with E-state index in [9.17, 15) is 4.79 Å².